The van der Waals surface area contributed by atoms with Gasteiger partial charge in [-0.3, -0.25) is 4.79 Å². The molecule has 1 amide bonds. The highest BCUT2D eigenvalue weighted by molar-refractivity contribution is 5.78. The second-order valence-corrected chi connectivity index (χ2v) is 3.75. The average molecular weight is 216 g/mol. The molecular weight excluding hydrogens is 192 g/mol. The van der Waals surface area contributed by atoms with Crippen molar-refractivity contribution in [2.45, 2.75) is 52.1 Å². The van der Waals surface area contributed by atoms with E-state index in [2.05, 4.69) is 24.5 Å². The molecule has 4 nitrogen and oxygen atoms in total. The highest BCUT2D eigenvalue weighted by Crippen LogP contribution is 1.95. The third-order valence-electron chi connectivity index (χ3n) is 2.62. The number of hydrogen-bond acceptors (Lipinski definition) is 3. The van der Waals surface area contributed by atoms with Gasteiger partial charge in [-0.2, -0.15) is 0 Å². The number of amides is 1. The second kappa shape index (κ2) is 8.68. The van der Waals surface area contributed by atoms with E-state index in [9.17, 15) is 4.79 Å². The molecule has 0 bridgehead atoms. The van der Waals surface area contributed by atoms with Gasteiger partial charge in [0.15, 0.2) is 0 Å². The highest BCUT2D eigenvalue weighted by atomic mass is 16.3. The Labute approximate surface area is 92.4 Å². The number of nitrogens with one attached hydrogen (secondary N) is 2. The van der Waals surface area contributed by atoms with Gasteiger partial charge in [0, 0.05) is 12.1 Å². The minimum Gasteiger partial charge on any atom is -0.395 e. The van der Waals surface area contributed by atoms with Gasteiger partial charge in [0.05, 0.1) is 13.2 Å². The molecule has 90 valence electrons. The summed E-state index contributed by atoms with van der Waals surface area (Å²) in [5, 5.41) is 14.9. The molecule has 0 heterocycles. The topological polar surface area (TPSA) is 61.4 Å². The van der Waals surface area contributed by atoms with Crippen molar-refractivity contribution in [2.24, 2.45) is 0 Å². The van der Waals surface area contributed by atoms with Gasteiger partial charge < -0.3 is 15.7 Å². The SMILES string of the molecule is CCC(CO)NCC(=O)NC(CC)CC. The predicted molar refractivity (Wildman–Crippen MR) is 61.7 cm³/mol. The largest absolute Gasteiger partial charge is 0.395 e. The molecule has 0 saturated carbocycles. The maximum absolute atomic E-state index is 11.5. The maximum atomic E-state index is 11.5. The van der Waals surface area contributed by atoms with E-state index in [-0.39, 0.29) is 31.1 Å². The summed E-state index contributed by atoms with van der Waals surface area (Å²) in [5.74, 6) is 0.00981. The fourth-order valence-corrected chi connectivity index (χ4v) is 1.35. The zero-order valence-electron chi connectivity index (χ0n) is 10.0. The third-order valence-corrected chi connectivity index (χ3v) is 2.62. The predicted octanol–water partition coefficient (Wildman–Crippen LogP) is 0.652. The molecule has 0 rings (SSSR count). The lowest BCUT2D eigenvalue weighted by Gasteiger charge is -2.17. The Bertz CT molecular complexity index is 166. The molecule has 4 heteroatoms. The Morgan fingerprint density at radius 3 is 2.07 bits per heavy atom. The molecule has 0 saturated heterocycles. The summed E-state index contributed by atoms with van der Waals surface area (Å²) < 4.78 is 0. The summed E-state index contributed by atoms with van der Waals surface area (Å²) in [6, 6.07) is 0.297. The zero-order valence-corrected chi connectivity index (χ0v) is 10.0. The number of rotatable bonds is 8. The molecule has 1 unspecified atom stereocenters. The summed E-state index contributed by atoms with van der Waals surface area (Å²) >= 11 is 0. The highest BCUT2D eigenvalue weighted by Gasteiger charge is 2.10. The van der Waals surface area contributed by atoms with Crippen LogP contribution in [0.4, 0.5) is 0 Å². The average Bonchev–Trinajstić information content (AvgIpc) is 2.27. The Balaban J connectivity index is 3.73. The van der Waals surface area contributed by atoms with E-state index in [1.807, 2.05) is 6.92 Å². The van der Waals surface area contributed by atoms with Crippen LogP contribution in [-0.2, 0) is 4.79 Å². The molecule has 0 radical (unpaired) electrons. The normalized spacial score (nSPS) is 12.9. The fourth-order valence-electron chi connectivity index (χ4n) is 1.35. The summed E-state index contributed by atoms with van der Waals surface area (Å²) in [7, 11) is 0. The number of aliphatic hydroxyl groups excluding tert-OH is 1. The summed E-state index contributed by atoms with van der Waals surface area (Å²) in [6.45, 7) is 6.46. The van der Waals surface area contributed by atoms with Gasteiger partial charge in [0.25, 0.3) is 0 Å². The van der Waals surface area contributed by atoms with Gasteiger partial charge in [-0.25, -0.2) is 0 Å². The Morgan fingerprint density at radius 2 is 1.67 bits per heavy atom. The van der Waals surface area contributed by atoms with Crippen molar-refractivity contribution < 1.29 is 9.90 Å². The van der Waals surface area contributed by atoms with E-state index in [0.717, 1.165) is 19.3 Å². The van der Waals surface area contributed by atoms with Crippen LogP contribution in [0.25, 0.3) is 0 Å². The fraction of sp³-hybridized carbons (Fsp3) is 0.909. The van der Waals surface area contributed by atoms with Crippen LogP contribution in [0.5, 0.6) is 0 Å². The summed E-state index contributed by atoms with van der Waals surface area (Å²) in [6.07, 6.45) is 2.74. The molecule has 0 aromatic carbocycles. The minimum absolute atomic E-state index is 0.00981. The van der Waals surface area contributed by atoms with E-state index in [1.165, 1.54) is 0 Å². The molecule has 3 N–H and O–H groups in total. The van der Waals surface area contributed by atoms with E-state index in [1.54, 1.807) is 0 Å². The van der Waals surface area contributed by atoms with Gasteiger partial charge in [-0.1, -0.05) is 20.8 Å². The maximum Gasteiger partial charge on any atom is 0.234 e. The molecule has 0 aromatic heterocycles. The lowest BCUT2D eigenvalue weighted by Crippen LogP contribution is -2.43. The standard InChI is InChI=1S/C11H24N2O2/c1-4-9(5-2)13-11(15)7-12-10(6-3)8-14/h9-10,12,14H,4-8H2,1-3H3,(H,13,15). The Hall–Kier alpha value is -0.610. The molecule has 0 aliphatic rings. The molecule has 0 fully saturated rings. The summed E-state index contributed by atoms with van der Waals surface area (Å²) in [4.78, 5) is 11.5. The van der Waals surface area contributed by atoms with Crippen LogP contribution in [0, 0.1) is 0 Å². The zero-order chi connectivity index (χ0) is 11.7. The lowest BCUT2D eigenvalue weighted by molar-refractivity contribution is -0.121. The Kier molecular flexibility index (Phi) is 8.33. The van der Waals surface area contributed by atoms with E-state index >= 15 is 0 Å². The van der Waals surface area contributed by atoms with Crippen molar-refractivity contribution in [1.82, 2.24) is 10.6 Å². The van der Waals surface area contributed by atoms with Crippen molar-refractivity contribution in [1.29, 1.82) is 0 Å². The number of hydrogen-bond donors (Lipinski definition) is 3. The Morgan fingerprint density at radius 1 is 1.13 bits per heavy atom. The third kappa shape index (κ3) is 6.47. The van der Waals surface area contributed by atoms with Crippen LogP contribution in [-0.4, -0.2) is 36.2 Å². The molecule has 0 aliphatic carbocycles. The second-order valence-electron chi connectivity index (χ2n) is 3.75. The quantitative estimate of drug-likeness (QED) is 0.558. The van der Waals surface area contributed by atoms with Crippen molar-refractivity contribution >= 4 is 5.91 Å². The monoisotopic (exact) mass is 216 g/mol. The molecule has 1 atom stereocenters. The molecule has 0 spiro atoms. The van der Waals surface area contributed by atoms with E-state index in [0.29, 0.717) is 0 Å². The van der Waals surface area contributed by atoms with Crippen LogP contribution in [0.3, 0.4) is 0 Å². The van der Waals surface area contributed by atoms with E-state index < -0.39 is 0 Å². The first kappa shape index (κ1) is 14.4. The van der Waals surface area contributed by atoms with E-state index in [4.69, 9.17) is 5.11 Å². The van der Waals surface area contributed by atoms with Gasteiger partial charge in [-0.15, -0.1) is 0 Å². The molecule has 0 aliphatic heterocycles. The van der Waals surface area contributed by atoms with Gasteiger partial charge in [0.2, 0.25) is 5.91 Å². The van der Waals surface area contributed by atoms with Gasteiger partial charge >= 0.3 is 0 Å². The van der Waals surface area contributed by atoms with Crippen LogP contribution in [0.2, 0.25) is 0 Å². The summed E-state index contributed by atoms with van der Waals surface area (Å²) in [5.41, 5.74) is 0. The van der Waals surface area contributed by atoms with Gasteiger partial charge in [0.1, 0.15) is 0 Å². The van der Waals surface area contributed by atoms with Crippen molar-refractivity contribution in [3.63, 3.8) is 0 Å². The first-order chi connectivity index (χ1) is 7.17. The van der Waals surface area contributed by atoms with Crippen molar-refractivity contribution in [3.05, 3.63) is 0 Å². The molecular formula is C11H24N2O2. The van der Waals surface area contributed by atoms with Gasteiger partial charge in [-0.05, 0) is 19.3 Å². The lowest BCUT2D eigenvalue weighted by atomic mass is 10.2. The first-order valence-corrected chi connectivity index (χ1v) is 5.81. The van der Waals surface area contributed by atoms with Crippen LogP contribution in [0.1, 0.15) is 40.0 Å². The van der Waals surface area contributed by atoms with Crippen LogP contribution < -0.4 is 10.6 Å². The van der Waals surface area contributed by atoms with Crippen molar-refractivity contribution in [3.8, 4) is 0 Å². The van der Waals surface area contributed by atoms with Crippen LogP contribution >= 0.6 is 0 Å². The smallest absolute Gasteiger partial charge is 0.234 e. The molecule has 0 aromatic rings. The first-order valence-electron chi connectivity index (χ1n) is 5.81. The minimum atomic E-state index is 0.00981. The van der Waals surface area contributed by atoms with Crippen LogP contribution in [0.15, 0.2) is 0 Å². The molecule has 15 heavy (non-hydrogen) atoms. The van der Waals surface area contributed by atoms with Crippen molar-refractivity contribution in [2.75, 3.05) is 13.2 Å². The number of carbonyl (C=O) groups is 1. The number of aliphatic hydroxyl groups is 1. The number of carbonyl (C=O) groups excluding carboxylic acids is 1.